The van der Waals surface area contributed by atoms with E-state index in [1.807, 2.05) is 0 Å². The van der Waals surface area contributed by atoms with Gasteiger partial charge in [-0.1, -0.05) is 0 Å². The number of fused-ring (bicyclic) bond motifs is 1. The van der Waals surface area contributed by atoms with Gasteiger partial charge in [0.15, 0.2) is 11.9 Å². The lowest BCUT2D eigenvalue weighted by Gasteiger charge is -2.30. The zero-order valence-electron chi connectivity index (χ0n) is 9.57. The number of alkyl halides is 1. The molecule has 1 atom stereocenters. The van der Waals surface area contributed by atoms with Gasteiger partial charge in [0, 0.05) is 12.6 Å². The van der Waals surface area contributed by atoms with E-state index in [0.29, 0.717) is 17.0 Å². The quantitative estimate of drug-likeness (QED) is 0.597. The van der Waals surface area contributed by atoms with Gasteiger partial charge >= 0.3 is 0 Å². The molecule has 5 heteroatoms. The zero-order chi connectivity index (χ0) is 12.6. The highest BCUT2D eigenvalue weighted by Crippen LogP contribution is 2.33. The molecular weight excluding hydrogens is 242 g/mol. The van der Waals surface area contributed by atoms with Crippen molar-refractivity contribution in [2.45, 2.75) is 13.0 Å². The minimum absolute atomic E-state index is 0.0757. The molecule has 1 heterocycles. The summed E-state index contributed by atoms with van der Waals surface area (Å²) in [5.74, 6) is 0.223. The number of ether oxygens (including phenoxy) is 1. The minimum atomic E-state index is -0.498. The van der Waals surface area contributed by atoms with Crippen molar-refractivity contribution in [1.82, 2.24) is 0 Å². The van der Waals surface area contributed by atoms with Crippen LogP contribution in [-0.2, 0) is 4.79 Å². The number of benzene rings is 1. The third-order valence-electron chi connectivity index (χ3n) is 2.75. The van der Waals surface area contributed by atoms with Gasteiger partial charge in [0.05, 0.1) is 11.6 Å². The standard InChI is InChI=1S/C12H12ClNO3/c1-7-12(16)14(2)9-5-8(10(15)6-13)3-4-11(9)17-7/h3-5,7H,6H2,1-2H3/t7-/m1/s1. The first kappa shape index (κ1) is 11.9. The number of amides is 1. The lowest BCUT2D eigenvalue weighted by Crippen LogP contribution is -2.42. The van der Waals surface area contributed by atoms with Crippen molar-refractivity contribution in [2.24, 2.45) is 0 Å². The van der Waals surface area contributed by atoms with E-state index in [-0.39, 0.29) is 17.6 Å². The second kappa shape index (κ2) is 4.37. The van der Waals surface area contributed by atoms with Gasteiger partial charge in [-0.15, -0.1) is 11.6 Å². The first-order chi connectivity index (χ1) is 8.04. The molecule has 0 N–H and O–H groups in total. The summed E-state index contributed by atoms with van der Waals surface area (Å²) in [5.41, 5.74) is 1.08. The molecule has 0 aromatic heterocycles. The Morgan fingerprint density at radius 1 is 1.53 bits per heavy atom. The Hall–Kier alpha value is -1.55. The number of hydrogen-bond donors (Lipinski definition) is 0. The van der Waals surface area contributed by atoms with Gasteiger partial charge in [0.25, 0.3) is 5.91 Å². The van der Waals surface area contributed by atoms with Crippen LogP contribution in [0.15, 0.2) is 18.2 Å². The molecule has 0 bridgehead atoms. The third-order valence-corrected chi connectivity index (χ3v) is 2.99. The van der Waals surface area contributed by atoms with E-state index in [0.717, 1.165) is 0 Å². The summed E-state index contributed by atoms with van der Waals surface area (Å²) in [7, 11) is 1.66. The van der Waals surface area contributed by atoms with Gasteiger partial charge < -0.3 is 9.64 Å². The molecule has 1 aromatic carbocycles. The lowest BCUT2D eigenvalue weighted by molar-refractivity contribution is -0.125. The van der Waals surface area contributed by atoms with Crippen LogP contribution in [0.3, 0.4) is 0 Å². The molecule has 0 unspecified atom stereocenters. The van der Waals surface area contributed by atoms with Gasteiger partial charge in [-0.2, -0.15) is 0 Å². The molecule has 0 radical (unpaired) electrons. The van der Waals surface area contributed by atoms with Crippen LogP contribution in [0.5, 0.6) is 5.75 Å². The molecule has 0 aliphatic carbocycles. The fourth-order valence-electron chi connectivity index (χ4n) is 1.76. The first-order valence-electron chi connectivity index (χ1n) is 5.22. The van der Waals surface area contributed by atoms with Crippen LogP contribution < -0.4 is 9.64 Å². The monoisotopic (exact) mass is 253 g/mol. The summed E-state index contributed by atoms with van der Waals surface area (Å²) in [6.07, 6.45) is -0.498. The summed E-state index contributed by atoms with van der Waals surface area (Å²) < 4.78 is 5.45. The normalized spacial score (nSPS) is 18.6. The number of anilines is 1. The fourth-order valence-corrected chi connectivity index (χ4v) is 1.92. The van der Waals surface area contributed by atoms with Crippen LogP contribution in [0, 0.1) is 0 Å². The summed E-state index contributed by atoms with van der Waals surface area (Å²) in [4.78, 5) is 24.7. The molecule has 0 saturated carbocycles. The number of rotatable bonds is 2. The number of likely N-dealkylation sites (N-methyl/N-ethyl adjacent to an activating group) is 1. The average Bonchev–Trinajstić information content (AvgIpc) is 2.35. The average molecular weight is 254 g/mol. The van der Waals surface area contributed by atoms with Crippen LogP contribution in [0.25, 0.3) is 0 Å². The van der Waals surface area contributed by atoms with Crippen LogP contribution in [0.2, 0.25) is 0 Å². The third kappa shape index (κ3) is 2.00. The molecule has 1 aromatic rings. The van der Waals surface area contributed by atoms with Crippen molar-refractivity contribution in [3.8, 4) is 5.75 Å². The molecule has 0 saturated heterocycles. The topological polar surface area (TPSA) is 46.6 Å². The minimum Gasteiger partial charge on any atom is -0.479 e. The first-order valence-corrected chi connectivity index (χ1v) is 5.75. The van der Waals surface area contributed by atoms with Crippen molar-refractivity contribution in [3.63, 3.8) is 0 Å². The Labute approximate surface area is 104 Å². The smallest absolute Gasteiger partial charge is 0.267 e. The van der Waals surface area contributed by atoms with Gasteiger partial charge in [-0.3, -0.25) is 9.59 Å². The molecule has 1 aliphatic rings. The van der Waals surface area contributed by atoms with Crippen molar-refractivity contribution < 1.29 is 14.3 Å². The molecular formula is C12H12ClNO3. The van der Waals surface area contributed by atoms with Gasteiger partial charge in [-0.05, 0) is 25.1 Å². The molecule has 2 rings (SSSR count). The van der Waals surface area contributed by atoms with Gasteiger partial charge in [0.2, 0.25) is 0 Å². The van der Waals surface area contributed by atoms with Crippen molar-refractivity contribution in [3.05, 3.63) is 23.8 Å². The summed E-state index contributed by atoms with van der Waals surface area (Å²) in [6.45, 7) is 1.69. The second-order valence-corrected chi connectivity index (χ2v) is 4.16. The number of carbonyl (C=O) groups is 2. The highest BCUT2D eigenvalue weighted by atomic mass is 35.5. The van der Waals surface area contributed by atoms with E-state index >= 15 is 0 Å². The van der Waals surface area contributed by atoms with Crippen LogP contribution in [0.1, 0.15) is 17.3 Å². The molecule has 90 valence electrons. The van der Waals surface area contributed by atoms with E-state index in [2.05, 4.69) is 0 Å². The van der Waals surface area contributed by atoms with Gasteiger partial charge in [0.1, 0.15) is 5.75 Å². The Morgan fingerprint density at radius 3 is 2.88 bits per heavy atom. The largest absolute Gasteiger partial charge is 0.479 e. The van der Waals surface area contributed by atoms with Crippen LogP contribution in [0.4, 0.5) is 5.69 Å². The van der Waals surface area contributed by atoms with Crippen molar-refractivity contribution in [1.29, 1.82) is 0 Å². The van der Waals surface area contributed by atoms with Crippen LogP contribution >= 0.6 is 11.6 Å². The number of hydrogen-bond acceptors (Lipinski definition) is 3. The maximum atomic E-state index is 11.7. The number of ketones is 1. The highest BCUT2D eigenvalue weighted by Gasteiger charge is 2.29. The van der Waals surface area contributed by atoms with Crippen LogP contribution in [-0.4, -0.2) is 30.7 Å². The van der Waals surface area contributed by atoms with E-state index < -0.39 is 6.10 Å². The van der Waals surface area contributed by atoms with E-state index in [1.165, 1.54) is 4.90 Å². The Kier molecular flexibility index (Phi) is 3.07. The molecule has 1 amide bonds. The molecule has 4 nitrogen and oxygen atoms in total. The van der Waals surface area contributed by atoms with Gasteiger partial charge in [-0.25, -0.2) is 0 Å². The Balaban J connectivity index is 2.45. The zero-order valence-corrected chi connectivity index (χ0v) is 10.3. The molecule has 0 spiro atoms. The van der Waals surface area contributed by atoms with E-state index in [4.69, 9.17) is 16.3 Å². The number of halogens is 1. The highest BCUT2D eigenvalue weighted by molar-refractivity contribution is 6.30. The maximum absolute atomic E-state index is 11.7. The summed E-state index contributed by atoms with van der Waals surface area (Å²) in [6, 6.07) is 4.97. The molecule has 17 heavy (non-hydrogen) atoms. The van der Waals surface area contributed by atoms with Crippen molar-refractivity contribution >= 4 is 29.0 Å². The predicted molar refractivity (Wildman–Crippen MR) is 65.0 cm³/mol. The lowest BCUT2D eigenvalue weighted by atomic mass is 10.1. The summed E-state index contributed by atoms with van der Waals surface area (Å²) >= 11 is 5.50. The number of Topliss-reactive ketones (excluding diaryl/α,β-unsaturated/α-hetero) is 1. The molecule has 1 aliphatic heterocycles. The van der Waals surface area contributed by atoms with E-state index in [1.54, 1.807) is 32.2 Å². The predicted octanol–water partition coefficient (Wildman–Crippen LogP) is 1.85. The SMILES string of the molecule is C[C@H]1Oc2ccc(C(=O)CCl)cc2N(C)C1=O. The summed E-state index contributed by atoms with van der Waals surface area (Å²) in [5, 5.41) is 0. The fraction of sp³-hybridized carbons (Fsp3) is 0.333. The van der Waals surface area contributed by atoms with E-state index in [9.17, 15) is 9.59 Å². The second-order valence-electron chi connectivity index (χ2n) is 3.90. The Morgan fingerprint density at radius 2 is 2.24 bits per heavy atom. The number of carbonyl (C=O) groups excluding carboxylic acids is 2. The van der Waals surface area contributed by atoms with Crippen molar-refractivity contribution in [2.75, 3.05) is 17.8 Å². The molecule has 0 fully saturated rings. The number of nitrogens with zero attached hydrogens (tertiary/aromatic N) is 1. The maximum Gasteiger partial charge on any atom is 0.267 e. The Bertz CT molecular complexity index is 487.